The van der Waals surface area contributed by atoms with Crippen LogP contribution >= 0.6 is 0 Å². The topological polar surface area (TPSA) is 75.6 Å². The van der Waals surface area contributed by atoms with Gasteiger partial charge in [-0.15, -0.1) is 0 Å². The van der Waals surface area contributed by atoms with Crippen molar-refractivity contribution in [3.8, 4) is 17.3 Å². The highest BCUT2D eigenvalue weighted by molar-refractivity contribution is 5.76. The monoisotopic (exact) mass is 238 g/mol. The van der Waals surface area contributed by atoms with E-state index in [0.29, 0.717) is 5.56 Å². The maximum atomic E-state index is 9.27. The van der Waals surface area contributed by atoms with Crippen LogP contribution in [0.3, 0.4) is 0 Å². The fraction of sp³-hybridized carbons (Fsp3) is 0.214. The van der Waals surface area contributed by atoms with Crippen molar-refractivity contribution in [3.63, 3.8) is 0 Å². The molecule has 4 nitrogen and oxygen atoms in total. The molecule has 2 aromatic rings. The van der Waals surface area contributed by atoms with Crippen molar-refractivity contribution < 1.29 is 0 Å². The number of nitrogens with zero attached hydrogens (tertiary/aromatic N) is 3. The molecule has 4 heteroatoms. The molecule has 2 heterocycles. The van der Waals surface area contributed by atoms with E-state index >= 15 is 0 Å². The molecule has 0 saturated heterocycles. The predicted molar refractivity (Wildman–Crippen MR) is 70.7 cm³/mol. The zero-order valence-electron chi connectivity index (χ0n) is 10.4. The van der Waals surface area contributed by atoms with Gasteiger partial charge in [-0.2, -0.15) is 5.26 Å². The average molecular weight is 238 g/mol. The molecule has 0 bridgehead atoms. The van der Waals surface area contributed by atoms with Gasteiger partial charge >= 0.3 is 0 Å². The molecule has 0 atom stereocenters. The molecule has 0 amide bonds. The van der Waals surface area contributed by atoms with Crippen LogP contribution < -0.4 is 5.73 Å². The molecular weight excluding hydrogens is 224 g/mol. The molecule has 2 aromatic heterocycles. The minimum Gasteiger partial charge on any atom is -0.383 e. The lowest BCUT2D eigenvalue weighted by Crippen LogP contribution is -2.05. The molecule has 0 fully saturated rings. The summed E-state index contributed by atoms with van der Waals surface area (Å²) in [6.45, 7) is 3.94. The zero-order chi connectivity index (χ0) is 13.1. The Balaban J connectivity index is 2.83. The number of nitrogen functional groups attached to an aromatic ring is 1. The van der Waals surface area contributed by atoms with Gasteiger partial charge < -0.3 is 5.73 Å². The minimum atomic E-state index is 0.271. The van der Waals surface area contributed by atoms with Crippen LogP contribution in [0.15, 0.2) is 24.4 Å². The predicted octanol–water partition coefficient (Wildman–Crippen LogP) is 2.47. The second-order valence-electron chi connectivity index (χ2n) is 3.99. The molecule has 0 unspecified atom stereocenters. The summed E-state index contributed by atoms with van der Waals surface area (Å²) in [5.74, 6) is 0.271. The first-order valence-corrected chi connectivity index (χ1v) is 5.79. The first kappa shape index (κ1) is 12.1. The lowest BCUT2D eigenvalue weighted by Gasteiger charge is -2.13. The number of anilines is 1. The number of nitriles is 1. The van der Waals surface area contributed by atoms with Gasteiger partial charge in [0.25, 0.3) is 0 Å². The molecule has 2 rings (SSSR count). The number of hydrogen-bond donors (Lipinski definition) is 1. The minimum absolute atomic E-state index is 0.271. The number of aromatic nitrogens is 2. The molecule has 0 aliphatic carbocycles. The van der Waals surface area contributed by atoms with Gasteiger partial charge in [-0.3, -0.25) is 4.98 Å². The van der Waals surface area contributed by atoms with Gasteiger partial charge in [0.15, 0.2) is 0 Å². The largest absolute Gasteiger partial charge is 0.383 e. The van der Waals surface area contributed by atoms with Crippen molar-refractivity contribution in [1.82, 2.24) is 9.97 Å². The van der Waals surface area contributed by atoms with Gasteiger partial charge in [0.05, 0.1) is 5.69 Å². The Kier molecular flexibility index (Phi) is 3.24. The van der Waals surface area contributed by atoms with E-state index in [1.807, 2.05) is 32.0 Å². The summed E-state index contributed by atoms with van der Waals surface area (Å²) in [6.07, 6.45) is 2.50. The highest BCUT2D eigenvalue weighted by Crippen LogP contribution is 2.30. The van der Waals surface area contributed by atoms with Crippen LogP contribution in [0.5, 0.6) is 0 Å². The Morgan fingerprint density at radius 3 is 2.72 bits per heavy atom. The van der Waals surface area contributed by atoms with Gasteiger partial charge in [-0.25, -0.2) is 4.98 Å². The van der Waals surface area contributed by atoms with Crippen molar-refractivity contribution >= 4 is 5.82 Å². The van der Waals surface area contributed by atoms with Gasteiger partial charge in [0.1, 0.15) is 17.5 Å². The van der Waals surface area contributed by atoms with Gasteiger partial charge in [0, 0.05) is 17.5 Å². The molecule has 0 aromatic carbocycles. The number of nitrogens with two attached hydrogens (primary N) is 1. The van der Waals surface area contributed by atoms with E-state index in [9.17, 15) is 5.26 Å². The van der Waals surface area contributed by atoms with Gasteiger partial charge in [-0.05, 0) is 31.0 Å². The summed E-state index contributed by atoms with van der Waals surface area (Å²) in [5, 5.41) is 9.27. The first-order chi connectivity index (χ1) is 8.69. The third kappa shape index (κ3) is 1.91. The second-order valence-corrected chi connectivity index (χ2v) is 3.99. The molecule has 0 aliphatic heterocycles. The van der Waals surface area contributed by atoms with E-state index < -0.39 is 0 Å². The highest BCUT2D eigenvalue weighted by atomic mass is 14.9. The van der Waals surface area contributed by atoms with E-state index in [-0.39, 0.29) is 5.82 Å². The van der Waals surface area contributed by atoms with Crippen LogP contribution in [0.25, 0.3) is 11.3 Å². The molecule has 0 spiro atoms. The fourth-order valence-corrected chi connectivity index (χ4v) is 2.10. The Bertz CT molecular complexity index is 612. The summed E-state index contributed by atoms with van der Waals surface area (Å²) in [4.78, 5) is 8.54. The molecule has 0 radical (unpaired) electrons. The van der Waals surface area contributed by atoms with E-state index in [0.717, 1.165) is 28.9 Å². The first-order valence-electron chi connectivity index (χ1n) is 5.79. The standard InChI is InChI=1S/C14H14N4/c1-3-10-9(2)18-14(16)11(8-15)13(10)12-6-4-5-7-17-12/h4-7H,3H2,1-2H3,(H2,16,18). The number of rotatable bonds is 2. The number of pyridine rings is 2. The molecule has 0 aliphatic rings. The molecule has 90 valence electrons. The smallest absolute Gasteiger partial charge is 0.142 e. The van der Waals surface area contributed by atoms with Crippen molar-refractivity contribution in [2.45, 2.75) is 20.3 Å². The van der Waals surface area contributed by atoms with Crippen LogP contribution in [0.4, 0.5) is 5.82 Å². The lowest BCUT2D eigenvalue weighted by atomic mass is 9.96. The third-order valence-electron chi connectivity index (χ3n) is 2.92. The van der Waals surface area contributed by atoms with Crippen LogP contribution in [-0.4, -0.2) is 9.97 Å². The quantitative estimate of drug-likeness (QED) is 0.872. The maximum absolute atomic E-state index is 9.27. The normalized spacial score (nSPS) is 10.1. The number of hydrogen-bond acceptors (Lipinski definition) is 4. The van der Waals surface area contributed by atoms with Gasteiger partial charge in [-0.1, -0.05) is 13.0 Å². The van der Waals surface area contributed by atoms with Crippen LogP contribution in [0, 0.1) is 18.3 Å². The highest BCUT2D eigenvalue weighted by Gasteiger charge is 2.17. The Labute approximate surface area is 106 Å². The van der Waals surface area contributed by atoms with Gasteiger partial charge in [0.2, 0.25) is 0 Å². The summed E-state index contributed by atoms with van der Waals surface area (Å²) >= 11 is 0. The van der Waals surface area contributed by atoms with Crippen LogP contribution in [0.1, 0.15) is 23.7 Å². The van der Waals surface area contributed by atoms with Crippen LogP contribution in [0.2, 0.25) is 0 Å². The van der Waals surface area contributed by atoms with E-state index in [2.05, 4.69) is 16.0 Å². The van der Waals surface area contributed by atoms with E-state index in [4.69, 9.17) is 5.73 Å². The average Bonchev–Trinajstić information content (AvgIpc) is 2.39. The second kappa shape index (κ2) is 4.84. The van der Waals surface area contributed by atoms with Crippen molar-refractivity contribution in [2.24, 2.45) is 0 Å². The fourth-order valence-electron chi connectivity index (χ4n) is 2.10. The summed E-state index contributed by atoms with van der Waals surface area (Å²) in [5.41, 5.74) is 9.71. The van der Waals surface area contributed by atoms with Crippen LogP contribution in [-0.2, 0) is 6.42 Å². The Hall–Kier alpha value is -2.41. The SMILES string of the molecule is CCc1c(C)nc(N)c(C#N)c1-c1ccccn1. The molecule has 18 heavy (non-hydrogen) atoms. The Morgan fingerprint density at radius 1 is 1.39 bits per heavy atom. The molecule has 2 N–H and O–H groups in total. The molecule has 0 saturated carbocycles. The maximum Gasteiger partial charge on any atom is 0.142 e. The summed E-state index contributed by atoms with van der Waals surface area (Å²) in [7, 11) is 0. The zero-order valence-corrected chi connectivity index (χ0v) is 10.4. The van der Waals surface area contributed by atoms with E-state index in [1.54, 1.807) is 6.20 Å². The van der Waals surface area contributed by atoms with Crippen molar-refractivity contribution in [2.75, 3.05) is 5.73 Å². The molecular formula is C14H14N4. The number of aryl methyl sites for hydroxylation is 1. The Morgan fingerprint density at radius 2 is 2.17 bits per heavy atom. The summed E-state index contributed by atoms with van der Waals surface area (Å²) < 4.78 is 0. The van der Waals surface area contributed by atoms with E-state index in [1.165, 1.54) is 0 Å². The van der Waals surface area contributed by atoms with Crippen molar-refractivity contribution in [1.29, 1.82) is 5.26 Å². The third-order valence-corrected chi connectivity index (χ3v) is 2.92. The van der Waals surface area contributed by atoms with Crippen molar-refractivity contribution in [3.05, 3.63) is 41.2 Å². The lowest BCUT2D eigenvalue weighted by molar-refractivity contribution is 1.05. The summed E-state index contributed by atoms with van der Waals surface area (Å²) in [6, 6.07) is 7.76.